The molecule has 2 heterocycles. The maximum atomic E-state index is 5.63. The third-order valence-electron chi connectivity index (χ3n) is 3.02. The van der Waals surface area contributed by atoms with Gasteiger partial charge in [0.15, 0.2) is 0 Å². The fraction of sp³-hybridized carbons (Fsp3) is 0.615. The van der Waals surface area contributed by atoms with Crippen molar-refractivity contribution in [2.24, 2.45) is 5.73 Å². The van der Waals surface area contributed by atoms with Crippen LogP contribution in [0.15, 0.2) is 18.3 Å². The summed E-state index contributed by atoms with van der Waals surface area (Å²) in [5.41, 5.74) is 6.73. The molecular formula is C13H21N3O. The molecule has 0 spiro atoms. The lowest BCUT2D eigenvalue weighted by atomic mass is 10.2. The fourth-order valence-electron chi connectivity index (χ4n) is 2.12. The van der Waals surface area contributed by atoms with E-state index in [0.29, 0.717) is 6.54 Å². The summed E-state index contributed by atoms with van der Waals surface area (Å²) < 4.78 is 5.63. The maximum Gasteiger partial charge on any atom is 0.128 e. The zero-order valence-electron chi connectivity index (χ0n) is 10.4. The van der Waals surface area contributed by atoms with Crippen molar-refractivity contribution in [1.82, 2.24) is 4.98 Å². The number of hydrogen-bond acceptors (Lipinski definition) is 4. The van der Waals surface area contributed by atoms with E-state index in [9.17, 15) is 0 Å². The van der Waals surface area contributed by atoms with E-state index in [-0.39, 0.29) is 6.10 Å². The van der Waals surface area contributed by atoms with Crippen LogP contribution in [-0.4, -0.2) is 37.3 Å². The van der Waals surface area contributed by atoms with Crippen LogP contribution in [0.4, 0.5) is 5.82 Å². The average molecular weight is 235 g/mol. The third-order valence-corrected chi connectivity index (χ3v) is 3.02. The highest BCUT2D eigenvalue weighted by Gasteiger charge is 2.15. The van der Waals surface area contributed by atoms with Crippen molar-refractivity contribution in [3.05, 3.63) is 23.9 Å². The Bertz CT molecular complexity index is 339. The second-order valence-corrected chi connectivity index (χ2v) is 4.54. The number of rotatable bonds is 3. The first-order valence-corrected chi connectivity index (χ1v) is 6.31. The molecule has 1 unspecified atom stereocenters. The van der Waals surface area contributed by atoms with Crippen LogP contribution in [0.3, 0.4) is 0 Å². The molecule has 4 heteroatoms. The number of aromatic nitrogens is 1. The first kappa shape index (κ1) is 12.3. The van der Waals surface area contributed by atoms with Crippen LogP contribution < -0.4 is 10.6 Å². The largest absolute Gasteiger partial charge is 0.377 e. The smallest absolute Gasteiger partial charge is 0.128 e. The van der Waals surface area contributed by atoms with E-state index in [2.05, 4.69) is 28.9 Å². The van der Waals surface area contributed by atoms with Crippen LogP contribution >= 0.6 is 0 Å². The summed E-state index contributed by atoms with van der Waals surface area (Å²) in [6, 6.07) is 4.20. The summed E-state index contributed by atoms with van der Waals surface area (Å²) >= 11 is 0. The Labute approximate surface area is 103 Å². The van der Waals surface area contributed by atoms with Gasteiger partial charge < -0.3 is 15.4 Å². The summed E-state index contributed by atoms with van der Waals surface area (Å²) in [5.74, 6) is 1.04. The topological polar surface area (TPSA) is 51.4 Å². The molecule has 17 heavy (non-hydrogen) atoms. The molecule has 0 aromatic carbocycles. The molecule has 4 nitrogen and oxygen atoms in total. The molecule has 1 saturated heterocycles. The molecule has 0 bridgehead atoms. The van der Waals surface area contributed by atoms with Crippen LogP contribution in [0.5, 0.6) is 0 Å². The molecule has 1 aliphatic rings. The highest BCUT2D eigenvalue weighted by Crippen LogP contribution is 2.15. The molecule has 1 aromatic rings. The molecule has 0 saturated carbocycles. The lowest BCUT2D eigenvalue weighted by Crippen LogP contribution is -2.30. The Morgan fingerprint density at radius 1 is 1.53 bits per heavy atom. The van der Waals surface area contributed by atoms with Crippen LogP contribution in [0.25, 0.3) is 0 Å². The summed E-state index contributed by atoms with van der Waals surface area (Å²) in [6.45, 7) is 5.58. The summed E-state index contributed by atoms with van der Waals surface area (Å²) in [4.78, 5) is 6.81. The van der Waals surface area contributed by atoms with E-state index in [1.54, 1.807) is 0 Å². The first-order valence-electron chi connectivity index (χ1n) is 6.31. The summed E-state index contributed by atoms with van der Waals surface area (Å²) in [6.07, 6.45) is 4.17. The molecule has 0 radical (unpaired) electrons. The fourth-order valence-corrected chi connectivity index (χ4v) is 2.12. The van der Waals surface area contributed by atoms with Crippen molar-refractivity contribution >= 4 is 5.82 Å². The number of ether oxygens (including phenoxy) is 1. The van der Waals surface area contributed by atoms with E-state index < -0.39 is 0 Å². The van der Waals surface area contributed by atoms with E-state index in [1.807, 2.05) is 6.20 Å². The first-order chi connectivity index (χ1) is 8.29. The maximum absolute atomic E-state index is 5.63. The minimum Gasteiger partial charge on any atom is -0.377 e. The molecule has 1 aliphatic heterocycles. The third kappa shape index (κ3) is 3.41. The second kappa shape index (κ2) is 5.98. The Morgan fingerprint density at radius 2 is 2.41 bits per heavy atom. The van der Waals surface area contributed by atoms with Crippen molar-refractivity contribution in [2.75, 3.05) is 31.1 Å². The standard InChI is InChI=1S/C13H21N3O/c1-11-10-16(7-2-8-17-11)13-4-3-12(5-6-14)9-15-13/h3-4,9,11H,2,5-8,10,14H2,1H3. The lowest BCUT2D eigenvalue weighted by Gasteiger charge is -2.23. The van der Waals surface area contributed by atoms with E-state index in [1.165, 1.54) is 5.56 Å². The summed E-state index contributed by atoms with van der Waals surface area (Å²) in [5, 5.41) is 0. The predicted molar refractivity (Wildman–Crippen MR) is 69.2 cm³/mol. The normalized spacial score (nSPS) is 21.3. The Kier molecular flexibility index (Phi) is 4.34. The van der Waals surface area contributed by atoms with Crippen LogP contribution in [0.2, 0.25) is 0 Å². The Morgan fingerprint density at radius 3 is 3.12 bits per heavy atom. The van der Waals surface area contributed by atoms with Gasteiger partial charge in [-0.05, 0) is 37.9 Å². The molecular weight excluding hydrogens is 214 g/mol. The zero-order valence-corrected chi connectivity index (χ0v) is 10.4. The molecule has 1 aromatic heterocycles. The minimum absolute atomic E-state index is 0.281. The number of pyridine rings is 1. The van der Waals surface area contributed by atoms with Crippen molar-refractivity contribution in [3.8, 4) is 0 Å². The van der Waals surface area contributed by atoms with Gasteiger partial charge in [0.1, 0.15) is 5.82 Å². The Hall–Kier alpha value is -1.13. The van der Waals surface area contributed by atoms with Gasteiger partial charge in [0.05, 0.1) is 6.10 Å². The molecule has 2 rings (SSSR count). The highest BCUT2D eigenvalue weighted by atomic mass is 16.5. The van der Waals surface area contributed by atoms with Crippen LogP contribution in [0.1, 0.15) is 18.9 Å². The molecule has 0 aliphatic carbocycles. The van der Waals surface area contributed by atoms with Gasteiger partial charge in [0.2, 0.25) is 0 Å². The average Bonchev–Trinajstić information content (AvgIpc) is 2.55. The Balaban J connectivity index is 2.04. The SMILES string of the molecule is CC1CN(c2ccc(CCN)cn2)CCCO1. The second-order valence-electron chi connectivity index (χ2n) is 4.54. The highest BCUT2D eigenvalue weighted by molar-refractivity contribution is 5.39. The van der Waals surface area contributed by atoms with Gasteiger partial charge in [-0.1, -0.05) is 6.07 Å². The van der Waals surface area contributed by atoms with Crippen LogP contribution in [-0.2, 0) is 11.2 Å². The van der Waals surface area contributed by atoms with Gasteiger partial charge in [-0.2, -0.15) is 0 Å². The zero-order chi connectivity index (χ0) is 12.1. The molecule has 94 valence electrons. The number of hydrogen-bond donors (Lipinski definition) is 1. The van der Waals surface area contributed by atoms with Gasteiger partial charge >= 0.3 is 0 Å². The number of nitrogens with zero attached hydrogens (tertiary/aromatic N) is 2. The predicted octanol–water partition coefficient (Wildman–Crippen LogP) is 1.20. The van der Waals surface area contributed by atoms with E-state index >= 15 is 0 Å². The molecule has 1 fully saturated rings. The van der Waals surface area contributed by atoms with Gasteiger partial charge in [-0.15, -0.1) is 0 Å². The van der Waals surface area contributed by atoms with Crippen molar-refractivity contribution < 1.29 is 4.74 Å². The molecule has 0 amide bonds. The molecule has 2 N–H and O–H groups in total. The lowest BCUT2D eigenvalue weighted by molar-refractivity contribution is 0.0820. The summed E-state index contributed by atoms with van der Waals surface area (Å²) in [7, 11) is 0. The van der Waals surface area contributed by atoms with Gasteiger partial charge in [-0.3, -0.25) is 0 Å². The minimum atomic E-state index is 0.281. The van der Waals surface area contributed by atoms with Gasteiger partial charge in [0, 0.05) is 25.9 Å². The van der Waals surface area contributed by atoms with E-state index in [0.717, 1.165) is 38.4 Å². The van der Waals surface area contributed by atoms with Gasteiger partial charge in [-0.25, -0.2) is 4.98 Å². The van der Waals surface area contributed by atoms with Crippen molar-refractivity contribution in [1.29, 1.82) is 0 Å². The molecule has 1 atom stereocenters. The number of anilines is 1. The van der Waals surface area contributed by atoms with Crippen molar-refractivity contribution in [2.45, 2.75) is 25.9 Å². The van der Waals surface area contributed by atoms with Gasteiger partial charge in [0.25, 0.3) is 0 Å². The van der Waals surface area contributed by atoms with Crippen LogP contribution in [0, 0.1) is 0 Å². The number of nitrogens with two attached hydrogens (primary N) is 1. The monoisotopic (exact) mass is 235 g/mol. The van der Waals surface area contributed by atoms with Crippen molar-refractivity contribution in [3.63, 3.8) is 0 Å². The van der Waals surface area contributed by atoms with E-state index in [4.69, 9.17) is 10.5 Å². The quantitative estimate of drug-likeness (QED) is 0.855.